The SMILES string of the molecule is Oc1cccc(-c2cc(O)c(O)c3ncccc23)c1. The molecule has 0 aliphatic rings. The molecule has 0 spiro atoms. The van der Waals surface area contributed by atoms with Crippen molar-refractivity contribution in [2.45, 2.75) is 0 Å². The van der Waals surface area contributed by atoms with Gasteiger partial charge in [0.2, 0.25) is 0 Å². The Kier molecular flexibility index (Phi) is 2.49. The second-order valence-corrected chi connectivity index (χ2v) is 4.24. The summed E-state index contributed by atoms with van der Waals surface area (Å²) in [5, 5.41) is 29.9. The molecule has 0 atom stereocenters. The van der Waals surface area contributed by atoms with Crippen molar-refractivity contribution in [3.8, 4) is 28.4 Å². The Morgan fingerprint density at radius 2 is 1.74 bits per heavy atom. The Bertz CT molecular complexity index is 768. The maximum atomic E-state index is 9.82. The van der Waals surface area contributed by atoms with Crippen molar-refractivity contribution in [1.82, 2.24) is 4.98 Å². The summed E-state index contributed by atoms with van der Waals surface area (Å²) in [4.78, 5) is 4.08. The first kappa shape index (κ1) is 11.3. The fourth-order valence-electron chi connectivity index (χ4n) is 2.13. The normalized spacial score (nSPS) is 10.7. The van der Waals surface area contributed by atoms with Crippen molar-refractivity contribution in [3.63, 3.8) is 0 Å². The van der Waals surface area contributed by atoms with E-state index in [0.29, 0.717) is 16.5 Å². The summed E-state index contributed by atoms with van der Waals surface area (Å²) in [6, 6.07) is 11.7. The maximum Gasteiger partial charge on any atom is 0.184 e. The molecule has 94 valence electrons. The second-order valence-electron chi connectivity index (χ2n) is 4.24. The van der Waals surface area contributed by atoms with Crippen molar-refractivity contribution in [2.24, 2.45) is 0 Å². The Hall–Kier alpha value is -2.75. The lowest BCUT2D eigenvalue weighted by Crippen LogP contribution is -1.85. The smallest absolute Gasteiger partial charge is 0.184 e. The first-order valence-electron chi connectivity index (χ1n) is 5.76. The highest BCUT2D eigenvalue weighted by molar-refractivity contribution is 5.99. The molecule has 0 fully saturated rings. The monoisotopic (exact) mass is 253 g/mol. The van der Waals surface area contributed by atoms with Crippen LogP contribution in [0.1, 0.15) is 0 Å². The van der Waals surface area contributed by atoms with E-state index >= 15 is 0 Å². The number of benzene rings is 2. The summed E-state index contributed by atoms with van der Waals surface area (Å²) >= 11 is 0. The number of hydrogen-bond acceptors (Lipinski definition) is 4. The van der Waals surface area contributed by atoms with Crippen LogP contribution >= 0.6 is 0 Å². The molecule has 0 saturated carbocycles. The highest BCUT2D eigenvalue weighted by Gasteiger charge is 2.13. The van der Waals surface area contributed by atoms with Crippen LogP contribution in [-0.2, 0) is 0 Å². The van der Waals surface area contributed by atoms with Crippen LogP contribution in [0, 0.1) is 0 Å². The molecule has 4 heteroatoms. The molecule has 2 aromatic carbocycles. The van der Waals surface area contributed by atoms with Crippen molar-refractivity contribution in [1.29, 1.82) is 0 Å². The minimum atomic E-state index is -0.237. The van der Waals surface area contributed by atoms with Crippen LogP contribution in [0.4, 0.5) is 0 Å². The topological polar surface area (TPSA) is 73.6 Å². The number of aromatic nitrogens is 1. The van der Waals surface area contributed by atoms with Gasteiger partial charge in [0.25, 0.3) is 0 Å². The largest absolute Gasteiger partial charge is 0.508 e. The number of pyridine rings is 1. The molecule has 0 aliphatic heterocycles. The highest BCUT2D eigenvalue weighted by atomic mass is 16.3. The third kappa shape index (κ3) is 1.83. The first-order chi connectivity index (χ1) is 9.16. The lowest BCUT2D eigenvalue weighted by molar-refractivity contribution is 0.407. The summed E-state index contributed by atoms with van der Waals surface area (Å²) in [5.41, 5.74) is 1.78. The third-order valence-electron chi connectivity index (χ3n) is 3.00. The maximum absolute atomic E-state index is 9.82. The van der Waals surface area contributed by atoms with E-state index in [0.717, 1.165) is 5.56 Å². The van der Waals surface area contributed by atoms with E-state index in [9.17, 15) is 15.3 Å². The van der Waals surface area contributed by atoms with E-state index in [2.05, 4.69) is 4.98 Å². The van der Waals surface area contributed by atoms with Gasteiger partial charge < -0.3 is 15.3 Å². The number of aromatic hydroxyl groups is 3. The first-order valence-corrected chi connectivity index (χ1v) is 5.76. The van der Waals surface area contributed by atoms with Gasteiger partial charge in [0.15, 0.2) is 11.5 Å². The Labute approximate surface area is 109 Å². The van der Waals surface area contributed by atoms with Crippen LogP contribution in [0.5, 0.6) is 17.2 Å². The van der Waals surface area contributed by atoms with Gasteiger partial charge in [-0.1, -0.05) is 18.2 Å². The lowest BCUT2D eigenvalue weighted by atomic mass is 9.99. The van der Waals surface area contributed by atoms with Crippen molar-refractivity contribution in [3.05, 3.63) is 48.7 Å². The van der Waals surface area contributed by atoms with Gasteiger partial charge in [-0.3, -0.25) is 4.98 Å². The summed E-state index contributed by atoms with van der Waals surface area (Å²) < 4.78 is 0. The van der Waals surface area contributed by atoms with Gasteiger partial charge in [0.1, 0.15) is 11.3 Å². The molecule has 0 radical (unpaired) electrons. The number of hydrogen-bond donors (Lipinski definition) is 3. The fourth-order valence-corrected chi connectivity index (χ4v) is 2.13. The van der Waals surface area contributed by atoms with Gasteiger partial charge in [-0.25, -0.2) is 0 Å². The molecule has 1 heterocycles. The molecule has 0 saturated heterocycles. The molecule has 0 amide bonds. The third-order valence-corrected chi connectivity index (χ3v) is 3.00. The van der Waals surface area contributed by atoms with Gasteiger partial charge in [-0.05, 0) is 35.4 Å². The number of phenolic OH excluding ortho intramolecular Hbond substituents is 3. The van der Waals surface area contributed by atoms with E-state index in [-0.39, 0.29) is 17.2 Å². The number of phenols is 3. The van der Waals surface area contributed by atoms with E-state index in [1.54, 1.807) is 36.5 Å². The van der Waals surface area contributed by atoms with Crippen LogP contribution < -0.4 is 0 Å². The van der Waals surface area contributed by atoms with Crippen molar-refractivity contribution >= 4 is 10.9 Å². The predicted molar refractivity (Wildman–Crippen MR) is 72.2 cm³/mol. The minimum Gasteiger partial charge on any atom is -0.508 e. The number of rotatable bonds is 1. The zero-order valence-electron chi connectivity index (χ0n) is 9.91. The van der Waals surface area contributed by atoms with Gasteiger partial charge in [-0.2, -0.15) is 0 Å². The summed E-state index contributed by atoms with van der Waals surface area (Å²) in [6.07, 6.45) is 1.55. The summed E-state index contributed by atoms with van der Waals surface area (Å²) in [5.74, 6) is -0.328. The molecular formula is C15H11NO3. The van der Waals surface area contributed by atoms with Gasteiger partial charge in [0, 0.05) is 11.6 Å². The summed E-state index contributed by atoms with van der Waals surface area (Å²) in [6.45, 7) is 0. The van der Waals surface area contributed by atoms with Crippen molar-refractivity contribution in [2.75, 3.05) is 0 Å². The van der Waals surface area contributed by atoms with Gasteiger partial charge >= 0.3 is 0 Å². The molecule has 3 rings (SSSR count). The lowest BCUT2D eigenvalue weighted by Gasteiger charge is -2.09. The van der Waals surface area contributed by atoms with Crippen LogP contribution in [0.25, 0.3) is 22.0 Å². The van der Waals surface area contributed by atoms with Crippen LogP contribution in [0.3, 0.4) is 0 Å². The molecule has 0 aliphatic carbocycles. The Morgan fingerprint density at radius 3 is 2.53 bits per heavy atom. The van der Waals surface area contributed by atoms with Gasteiger partial charge in [0.05, 0.1) is 0 Å². The van der Waals surface area contributed by atoms with Crippen LogP contribution in [0.2, 0.25) is 0 Å². The molecule has 0 bridgehead atoms. The average molecular weight is 253 g/mol. The summed E-state index contributed by atoms with van der Waals surface area (Å²) in [7, 11) is 0. The molecule has 3 N–H and O–H groups in total. The molecular weight excluding hydrogens is 242 g/mol. The quantitative estimate of drug-likeness (QED) is 0.583. The predicted octanol–water partition coefficient (Wildman–Crippen LogP) is 3.02. The molecule has 19 heavy (non-hydrogen) atoms. The molecule has 1 aromatic heterocycles. The average Bonchev–Trinajstić information content (AvgIpc) is 2.43. The van der Waals surface area contributed by atoms with E-state index in [4.69, 9.17) is 0 Å². The highest BCUT2D eigenvalue weighted by Crippen LogP contribution is 2.39. The van der Waals surface area contributed by atoms with Crippen molar-refractivity contribution < 1.29 is 15.3 Å². The fraction of sp³-hybridized carbons (Fsp3) is 0. The van der Waals surface area contributed by atoms with Gasteiger partial charge in [-0.15, -0.1) is 0 Å². The number of nitrogens with zero attached hydrogens (tertiary/aromatic N) is 1. The van der Waals surface area contributed by atoms with E-state index < -0.39 is 0 Å². The Balaban J connectivity index is 2.38. The molecule has 3 aromatic rings. The van der Waals surface area contributed by atoms with E-state index in [1.807, 2.05) is 6.07 Å². The zero-order chi connectivity index (χ0) is 13.4. The number of fused-ring (bicyclic) bond motifs is 1. The zero-order valence-corrected chi connectivity index (χ0v) is 9.91. The molecule has 4 nitrogen and oxygen atoms in total. The second kappa shape index (κ2) is 4.17. The minimum absolute atomic E-state index is 0.141. The van der Waals surface area contributed by atoms with Crippen LogP contribution in [0.15, 0.2) is 48.7 Å². The Morgan fingerprint density at radius 1 is 0.895 bits per heavy atom. The van der Waals surface area contributed by atoms with E-state index in [1.165, 1.54) is 6.07 Å². The standard InChI is InChI=1S/C15H11NO3/c17-10-4-1-3-9(7-10)12-8-13(18)15(19)14-11(12)5-2-6-16-14/h1-8,17-19H. The molecule has 0 unspecified atom stereocenters. The van der Waals surface area contributed by atoms with Crippen LogP contribution in [-0.4, -0.2) is 20.3 Å².